The fourth-order valence-electron chi connectivity index (χ4n) is 3.15. The summed E-state index contributed by atoms with van der Waals surface area (Å²) in [5, 5.41) is 10.9. The van der Waals surface area contributed by atoms with Crippen LogP contribution >= 0.6 is 24.0 Å². The fraction of sp³-hybridized carbons (Fsp3) is 0.500. The summed E-state index contributed by atoms with van der Waals surface area (Å²) in [7, 11) is 1.91. The number of aromatic nitrogens is 2. The molecule has 7 nitrogen and oxygen atoms in total. The van der Waals surface area contributed by atoms with Gasteiger partial charge in [-0.1, -0.05) is 0 Å². The van der Waals surface area contributed by atoms with E-state index in [0.29, 0.717) is 19.7 Å². The van der Waals surface area contributed by atoms with Crippen molar-refractivity contribution < 1.29 is 9.47 Å². The summed E-state index contributed by atoms with van der Waals surface area (Å²) in [5.41, 5.74) is 3.35. The predicted molar refractivity (Wildman–Crippen MR) is 122 cm³/mol. The summed E-state index contributed by atoms with van der Waals surface area (Å²) < 4.78 is 13.5. The molecule has 2 N–H and O–H groups in total. The molecule has 154 valence electrons. The minimum Gasteiger partial charge on any atom is -0.494 e. The number of aliphatic imine (C=N–C) groups is 1. The molecule has 1 aliphatic heterocycles. The van der Waals surface area contributed by atoms with Crippen molar-refractivity contribution in [3.63, 3.8) is 0 Å². The van der Waals surface area contributed by atoms with E-state index in [1.165, 1.54) is 5.56 Å². The molecule has 0 radical (unpaired) electrons. The monoisotopic (exact) mass is 499 g/mol. The number of nitrogens with zero attached hydrogens (tertiary/aromatic N) is 3. The summed E-state index contributed by atoms with van der Waals surface area (Å²) in [4.78, 5) is 4.64. The molecule has 0 fully saturated rings. The number of ether oxygens (including phenoxy) is 2. The van der Waals surface area contributed by atoms with Crippen molar-refractivity contribution in [1.29, 1.82) is 0 Å². The van der Waals surface area contributed by atoms with Gasteiger partial charge in [-0.25, -0.2) is 4.99 Å². The van der Waals surface area contributed by atoms with Crippen molar-refractivity contribution in [1.82, 2.24) is 20.4 Å². The Hall–Kier alpha value is -1.97. The van der Waals surface area contributed by atoms with Crippen LogP contribution in [0.25, 0.3) is 0 Å². The second kappa shape index (κ2) is 10.5. The standard InChI is InChI=1S/C20H29N5O2.HI/c1-5-21-20(22-10-15-11-24-25(4)13-15)23-12-17-9-19-16(7-14(3)27-19)8-18(17)26-6-2;/h8-9,11,13-14H,5-7,10,12H2,1-4H3,(H2,21,22,23);1H. The highest BCUT2D eigenvalue weighted by atomic mass is 127. The second-order valence-electron chi connectivity index (χ2n) is 6.70. The van der Waals surface area contributed by atoms with Gasteiger partial charge in [0.05, 0.1) is 19.3 Å². The van der Waals surface area contributed by atoms with Gasteiger partial charge in [0.25, 0.3) is 0 Å². The average molecular weight is 499 g/mol. The zero-order chi connectivity index (χ0) is 19.2. The van der Waals surface area contributed by atoms with Gasteiger partial charge in [-0.2, -0.15) is 5.10 Å². The first-order chi connectivity index (χ1) is 13.1. The number of fused-ring (bicyclic) bond motifs is 1. The topological polar surface area (TPSA) is 72.7 Å². The predicted octanol–water partition coefficient (Wildman–Crippen LogP) is 3.02. The Morgan fingerprint density at radius 1 is 1.36 bits per heavy atom. The fourth-order valence-corrected chi connectivity index (χ4v) is 3.15. The normalized spacial score (nSPS) is 15.4. The molecule has 2 heterocycles. The minimum absolute atomic E-state index is 0. The van der Waals surface area contributed by atoms with Gasteiger partial charge in [-0.15, -0.1) is 24.0 Å². The Balaban J connectivity index is 0.00000280. The molecule has 0 amide bonds. The quantitative estimate of drug-likeness (QED) is 0.348. The van der Waals surface area contributed by atoms with Crippen molar-refractivity contribution in [3.05, 3.63) is 41.2 Å². The average Bonchev–Trinajstić information content (AvgIpc) is 3.21. The maximum Gasteiger partial charge on any atom is 0.191 e. The largest absolute Gasteiger partial charge is 0.494 e. The third-order valence-electron chi connectivity index (χ3n) is 4.35. The Morgan fingerprint density at radius 2 is 2.18 bits per heavy atom. The summed E-state index contributed by atoms with van der Waals surface area (Å²) in [6.45, 7) is 8.76. The molecule has 0 spiro atoms. The molecule has 0 bridgehead atoms. The van der Waals surface area contributed by atoms with Crippen LogP contribution in [0.5, 0.6) is 11.5 Å². The van der Waals surface area contributed by atoms with Crippen molar-refractivity contribution in [2.75, 3.05) is 13.2 Å². The smallest absolute Gasteiger partial charge is 0.191 e. The first-order valence-corrected chi connectivity index (χ1v) is 9.54. The van der Waals surface area contributed by atoms with Gasteiger partial charge in [0, 0.05) is 49.4 Å². The molecular weight excluding hydrogens is 469 g/mol. The van der Waals surface area contributed by atoms with Gasteiger partial charge in [-0.3, -0.25) is 4.68 Å². The number of nitrogens with one attached hydrogen (secondary N) is 2. The van der Waals surface area contributed by atoms with Gasteiger partial charge < -0.3 is 20.1 Å². The molecule has 3 rings (SSSR count). The number of aryl methyl sites for hydroxylation is 1. The molecule has 8 heteroatoms. The first kappa shape index (κ1) is 22.3. The highest BCUT2D eigenvalue weighted by Crippen LogP contribution is 2.35. The zero-order valence-electron chi connectivity index (χ0n) is 17.0. The van der Waals surface area contributed by atoms with E-state index in [4.69, 9.17) is 9.47 Å². The minimum atomic E-state index is 0. The van der Waals surface area contributed by atoms with Gasteiger partial charge >= 0.3 is 0 Å². The highest BCUT2D eigenvalue weighted by Gasteiger charge is 2.21. The van der Waals surface area contributed by atoms with E-state index < -0.39 is 0 Å². The molecular formula is C20H30IN5O2. The Bertz CT molecular complexity index is 806. The van der Waals surface area contributed by atoms with Crippen LogP contribution in [0.1, 0.15) is 37.5 Å². The highest BCUT2D eigenvalue weighted by molar-refractivity contribution is 14.0. The molecule has 1 atom stereocenters. The number of guanidine groups is 1. The van der Waals surface area contributed by atoms with E-state index in [-0.39, 0.29) is 30.1 Å². The summed E-state index contributed by atoms with van der Waals surface area (Å²) in [6.07, 6.45) is 4.95. The molecule has 1 unspecified atom stereocenters. The van der Waals surface area contributed by atoms with Crippen molar-refractivity contribution in [2.24, 2.45) is 12.0 Å². The molecule has 28 heavy (non-hydrogen) atoms. The summed E-state index contributed by atoms with van der Waals surface area (Å²) in [6, 6.07) is 4.19. The van der Waals surface area contributed by atoms with Crippen molar-refractivity contribution in [2.45, 2.75) is 46.4 Å². The molecule has 1 aliphatic rings. The van der Waals surface area contributed by atoms with Crippen LogP contribution in [-0.4, -0.2) is 35.0 Å². The van der Waals surface area contributed by atoms with Crippen LogP contribution in [0.15, 0.2) is 29.5 Å². The number of hydrogen-bond donors (Lipinski definition) is 2. The van der Waals surface area contributed by atoms with Gasteiger partial charge in [0.2, 0.25) is 0 Å². The Kier molecular flexibility index (Phi) is 8.40. The lowest BCUT2D eigenvalue weighted by molar-refractivity contribution is 0.254. The Morgan fingerprint density at radius 3 is 2.86 bits per heavy atom. The van der Waals surface area contributed by atoms with Crippen LogP contribution < -0.4 is 20.1 Å². The molecule has 1 aromatic heterocycles. The molecule has 0 saturated carbocycles. The SMILES string of the molecule is CCNC(=NCc1cnn(C)c1)NCc1cc2c(cc1OCC)CC(C)O2.I. The van der Waals surface area contributed by atoms with Gasteiger partial charge in [0.15, 0.2) is 5.96 Å². The first-order valence-electron chi connectivity index (χ1n) is 9.54. The molecule has 1 aromatic carbocycles. The Labute approximate surface area is 183 Å². The number of hydrogen-bond acceptors (Lipinski definition) is 4. The molecule has 0 saturated heterocycles. The van der Waals surface area contributed by atoms with E-state index in [9.17, 15) is 0 Å². The van der Waals surface area contributed by atoms with Crippen molar-refractivity contribution in [3.8, 4) is 11.5 Å². The van der Waals surface area contributed by atoms with Crippen LogP contribution in [0, 0.1) is 0 Å². The maximum absolute atomic E-state index is 5.90. The van der Waals surface area contributed by atoms with Crippen LogP contribution in [0.3, 0.4) is 0 Å². The third kappa shape index (κ3) is 5.76. The second-order valence-corrected chi connectivity index (χ2v) is 6.70. The summed E-state index contributed by atoms with van der Waals surface area (Å²) in [5.74, 6) is 2.63. The molecule has 0 aliphatic carbocycles. The number of rotatable bonds is 7. The summed E-state index contributed by atoms with van der Waals surface area (Å²) >= 11 is 0. The lowest BCUT2D eigenvalue weighted by atomic mass is 10.1. The lowest BCUT2D eigenvalue weighted by Crippen LogP contribution is -2.36. The maximum atomic E-state index is 5.90. The van der Waals surface area contributed by atoms with Crippen LogP contribution in [0.4, 0.5) is 0 Å². The number of benzene rings is 1. The molecule has 2 aromatic rings. The van der Waals surface area contributed by atoms with E-state index in [1.807, 2.05) is 26.4 Å². The van der Waals surface area contributed by atoms with Gasteiger partial charge in [0.1, 0.15) is 17.6 Å². The lowest BCUT2D eigenvalue weighted by Gasteiger charge is -2.15. The van der Waals surface area contributed by atoms with Crippen LogP contribution in [0.2, 0.25) is 0 Å². The van der Waals surface area contributed by atoms with E-state index in [0.717, 1.165) is 41.6 Å². The third-order valence-corrected chi connectivity index (χ3v) is 4.35. The van der Waals surface area contributed by atoms with Gasteiger partial charge in [-0.05, 0) is 32.9 Å². The van der Waals surface area contributed by atoms with Crippen LogP contribution in [-0.2, 0) is 26.6 Å². The number of halogens is 1. The van der Waals surface area contributed by atoms with E-state index >= 15 is 0 Å². The zero-order valence-corrected chi connectivity index (χ0v) is 19.3. The van der Waals surface area contributed by atoms with Crippen molar-refractivity contribution >= 4 is 29.9 Å². The van der Waals surface area contributed by atoms with E-state index in [2.05, 4.69) is 46.7 Å². The van der Waals surface area contributed by atoms with E-state index in [1.54, 1.807) is 4.68 Å².